The summed E-state index contributed by atoms with van der Waals surface area (Å²) in [6, 6.07) is 0. The number of nitrogens with two attached hydrogens (primary N) is 1. The molecule has 1 rings (SSSR count). The molecule has 6 nitrogen and oxygen atoms in total. The Hall–Kier alpha value is -1.56. The van der Waals surface area contributed by atoms with Gasteiger partial charge in [0.2, 0.25) is 0 Å². The molecule has 15 heavy (non-hydrogen) atoms. The number of nitrogens with one attached hydrogen (secondary N) is 1. The standard InChI is InChI=1S/C8H11ClN4O2/c9-6-7(10)12-4-13-8(6)11-3-1-2-5(14)15/h4H,1-3H2,(H,14,15)(H3,10,11,12,13). The summed E-state index contributed by atoms with van der Waals surface area (Å²) in [4.78, 5) is 17.8. The molecule has 1 heterocycles. The maximum absolute atomic E-state index is 10.2. The number of rotatable bonds is 5. The molecule has 0 amide bonds. The molecule has 0 radical (unpaired) electrons. The third kappa shape index (κ3) is 3.59. The Bertz CT molecular complexity index is 358. The molecule has 0 fully saturated rings. The number of nitrogens with zero attached hydrogens (tertiary/aromatic N) is 2. The van der Waals surface area contributed by atoms with Crippen molar-refractivity contribution in [1.29, 1.82) is 0 Å². The Morgan fingerprint density at radius 2 is 2.33 bits per heavy atom. The smallest absolute Gasteiger partial charge is 0.303 e. The molecule has 0 saturated carbocycles. The third-order valence-corrected chi connectivity index (χ3v) is 2.05. The Morgan fingerprint density at radius 3 is 3.00 bits per heavy atom. The van der Waals surface area contributed by atoms with Crippen LogP contribution in [0, 0.1) is 0 Å². The quantitative estimate of drug-likeness (QED) is 0.652. The monoisotopic (exact) mass is 230 g/mol. The van der Waals surface area contributed by atoms with Crippen molar-refractivity contribution in [2.45, 2.75) is 12.8 Å². The first-order valence-electron chi connectivity index (χ1n) is 4.33. The molecule has 0 aliphatic heterocycles. The van der Waals surface area contributed by atoms with Gasteiger partial charge < -0.3 is 16.2 Å². The van der Waals surface area contributed by atoms with Crippen LogP contribution in [0.2, 0.25) is 5.02 Å². The average molecular weight is 231 g/mol. The lowest BCUT2D eigenvalue weighted by Gasteiger charge is -2.06. The number of carboxylic acids is 1. The number of anilines is 2. The van der Waals surface area contributed by atoms with Crippen LogP contribution in [0.5, 0.6) is 0 Å². The van der Waals surface area contributed by atoms with Crippen LogP contribution < -0.4 is 11.1 Å². The normalized spacial score (nSPS) is 9.93. The van der Waals surface area contributed by atoms with Crippen molar-refractivity contribution in [2.24, 2.45) is 0 Å². The summed E-state index contributed by atoms with van der Waals surface area (Å²) in [5.74, 6) is -0.202. The van der Waals surface area contributed by atoms with E-state index in [1.54, 1.807) is 0 Å². The van der Waals surface area contributed by atoms with Crippen molar-refractivity contribution in [3.05, 3.63) is 11.3 Å². The van der Waals surface area contributed by atoms with Gasteiger partial charge in [0.15, 0.2) is 0 Å². The fourth-order valence-corrected chi connectivity index (χ4v) is 1.12. The summed E-state index contributed by atoms with van der Waals surface area (Å²) in [6.07, 6.45) is 1.89. The minimum absolute atomic E-state index is 0.102. The number of carboxylic acid groups (broad SMARTS) is 1. The van der Waals surface area contributed by atoms with Crippen molar-refractivity contribution < 1.29 is 9.90 Å². The first kappa shape index (κ1) is 11.5. The van der Waals surface area contributed by atoms with Gasteiger partial charge in [0, 0.05) is 13.0 Å². The number of hydrogen-bond acceptors (Lipinski definition) is 5. The van der Waals surface area contributed by atoms with E-state index >= 15 is 0 Å². The van der Waals surface area contributed by atoms with E-state index in [0.29, 0.717) is 18.8 Å². The number of halogens is 1. The van der Waals surface area contributed by atoms with E-state index in [0.717, 1.165) is 0 Å². The van der Waals surface area contributed by atoms with Gasteiger partial charge >= 0.3 is 5.97 Å². The molecule has 0 aromatic carbocycles. The highest BCUT2D eigenvalue weighted by molar-refractivity contribution is 6.35. The molecule has 0 aliphatic rings. The van der Waals surface area contributed by atoms with Gasteiger partial charge in [-0.2, -0.15) is 0 Å². The van der Waals surface area contributed by atoms with Crippen LogP contribution in [-0.2, 0) is 4.79 Å². The van der Waals surface area contributed by atoms with E-state index in [1.165, 1.54) is 6.33 Å². The van der Waals surface area contributed by atoms with E-state index in [4.69, 9.17) is 22.4 Å². The number of carbonyl (C=O) groups is 1. The van der Waals surface area contributed by atoms with Gasteiger partial charge in [-0.3, -0.25) is 4.79 Å². The zero-order chi connectivity index (χ0) is 11.3. The van der Waals surface area contributed by atoms with Crippen LogP contribution in [0.25, 0.3) is 0 Å². The maximum Gasteiger partial charge on any atom is 0.303 e. The Balaban J connectivity index is 2.44. The summed E-state index contributed by atoms with van der Waals surface area (Å²) in [7, 11) is 0. The van der Waals surface area contributed by atoms with Gasteiger partial charge in [0.1, 0.15) is 23.0 Å². The van der Waals surface area contributed by atoms with Crippen LogP contribution in [0.4, 0.5) is 11.6 Å². The molecule has 0 atom stereocenters. The highest BCUT2D eigenvalue weighted by Gasteiger charge is 2.05. The van der Waals surface area contributed by atoms with Crippen molar-refractivity contribution in [1.82, 2.24) is 9.97 Å². The molecule has 0 saturated heterocycles. The van der Waals surface area contributed by atoms with Gasteiger partial charge in [-0.25, -0.2) is 9.97 Å². The van der Waals surface area contributed by atoms with Crippen LogP contribution in [0.3, 0.4) is 0 Å². The SMILES string of the molecule is Nc1ncnc(NCCCC(=O)O)c1Cl. The lowest BCUT2D eigenvalue weighted by Crippen LogP contribution is -2.07. The molecule has 82 valence electrons. The molecule has 0 bridgehead atoms. The predicted molar refractivity (Wildman–Crippen MR) is 56.8 cm³/mol. The first-order chi connectivity index (χ1) is 7.11. The summed E-state index contributed by atoms with van der Waals surface area (Å²) in [5.41, 5.74) is 5.46. The lowest BCUT2D eigenvalue weighted by atomic mass is 10.3. The van der Waals surface area contributed by atoms with E-state index < -0.39 is 5.97 Å². The zero-order valence-corrected chi connectivity index (χ0v) is 8.66. The van der Waals surface area contributed by atoms with Gasteiger partial charge in [-0.05, 0) is 6.42 Å². The molecule has 1 aromatic rings. The Morgan fingerprint density at radius 1 is 1.60 bits per heavy atom. The Kier molecular flexibility index (Phi) is 4.11. The molecule has 1 aromatic heterocycles. The summed E-state index contributed by atoms with van der Waals surface area (Å²) >= 11 is 5.81. The fourth-order valence-electron chi connectivity index (χ4n) is 0.953. The van der Waals surface area contributed by atoms with Crippen molar-refractivity contribution in [3.63, 3.8) is 0 Å². The van der Waals surface area contributed by atoms with Crippen LogP contribution >= 0.6 is 11.6 Å². The van der Waals surface area contributed by atoms with Crippen LogP contribution in [0.1, 0.15) is 12.8 Å². The van der Waals surface area contributed by atoms with Crippen LogP contribution in [-0.4, -0.2) is 27.6 Å². The van der Waals surface area contributed by atoms with E-state index in [1.807, 2.05) is 0 Å². The number of aliphatic carboxylic acids is 1. The molecule has 7 heteroatoms. The second kappa shape index (κ2) is 5.35. The Labute approximate surface area is 91.5 Å². The second-order valence-electron chi connectivity index (χ2n) is 2.85. The van der Waals surface area contributed by atoms with Crippen molar-refractivity contribution >= 4 is 29.2 Å². The van der Waals surface area contributed by atoms with E-state index in [2.05, 4.69) is 15.3 Å². The molecule has 4 N–H and O–H groups in total. The second-order valence-corrected chi connectivity index (χ2v) is 3.22. The molecular formula is C8H11ClN4O2. The molecule has 0 spiro atoms. The number of aromatic nitrogens is 2. The summed E-state index contributed by atoms with van der Waals surface area (Å²) in [5, 5.41) is 11.5. The maximum atomic E-state index is 10.2. The van der Waals surface area contributed by atoms with Gasteiger partial charge in [-0.15, -0.1) is 0 Å². The highest BCUT2D eigenvalue weighted by atomic mass is 35.5. The minimum Gasteiger partial charge on any atom is -0.481 e. The zero-order valence-electron chi connectivity index (χ0n) is 7.90. The lowest BCUT2D eigenvalue weighted by molar-refractivity contribution is -0.137. The largest absolute Gasteiger partial charge is 0.481 e. The van der Waals surface area contributed by atoms with Crippen molar-refractivity contribution in [2.75, 3.05) is 17.6 Å². The topological polar surface area (TPSA) is 101 Å². The molecule has 0 unspecified atom stereocenters. The highest BCUT2D eigenvalue weighted by Crippen LogP contribution is 2.22. The summed E-state index contributed by atoms with van der Waals surface area (Å²) < 4.78 is 0. The number of hydrogen-bond donors (Lipinski definition) is 3. The van der Waals surface area contributed by atoms with Gasteiger partial charge in [-0.1, -0.05) is 11.6 Å². The van der Waals surface area contributed by atoms with Crippen LogP contribution in [0.15, 0.2) is 6.33 Å². The van der Waals surface area contributed by atoms with Gasteiger partial charge in [0.05, 0.1) is 0 Å². The summed E-state index contributed by atoms with van der Waals surface area (Å²) in [6.45, 7) is 0.475. The first-order valence-corrected chi connectivity index (χ1v) is 4.70. The number of nitrogen functional groups attached to an aromatic ring is 1. The third-order valence-electron chi connectivity index (χ3n) is 1.68. The van der Waals surface area contributed by atoms with E-state index in [9.17, 15) is 4.79 Å². The minimum atomic E-state index is -0.829. The van der Waals surface area contributed by atoms with Gasteiger partial charge in [0.25, 0.3) is 0 Å². The van der Waals surface area contributed by atoms with E-state index in [-0.39, 0.29) is 17.3 Å². The molecule has 0 aliphatic carbocycles. The van der Waals surface area contributed by atoms with Crippen molar-refractivity contribution in [3.8, 4) is 0 Å². The fraction of sp³-hybridized carbons (Fsp3) is 0.375. The average Bonchev–Trinajstić information content (AvgIpc) is 2.18. The predicted octanol–water partition coefficient (Wildman–Crippen LogP) is 0.989. The molecular weight excluding hydrogens is 220 g/mol.